The average Bonchev–Trinajstić information content (AvgIpc) is 3.32. The smallest absolute Gasteiger partial charge is 0.254 e. The normalized spacial score (nSPS) is 19.8. The molecule has 1 saturated carbocycles. The number of rotatable bonds is 4. The fraction of sp³-hybridized carbons (Fsp3) is 0.588. The van der Waals surface area contributed by atoms with Crippen molar-refractivity contribution in [3.05, 3.63) is 33.8 Å². The van der Waals surface area contributed by atoms with Gasteiger partial charge < -0.3 is 10.2 Å². The zero-order chi connectivity index (χ0) is 14.8. The van der Waals surface area contributed by atoms with E-state index in [-0.39, 0.29) is 5.91 Å². The molecule has 4 heteroatoms. The van der Waals surface area contributed by atoms with E-state index in [1.54, 1.807) is 0 Å². The van der Waals surface area contributed by atoms with Crippen LogP contribution >= 0.6 is 15.9 Å². The van der Waals surface area contributed by atoms with Crippen LogP contribution in [0.3, 0.4) is 0 Å². The molecule has 21 heavy (non-hydrogen) atoms. The minimum atomic E-state index is 0.175. The Bertz CT molecular complexity index is 520. The van der Waals surface area contributed by atoms with E-state index in [4.69, 9.17) is 0 Å². The third-order valence-corrected chi connectivity index (χ3v) is 5.53. The van der Waals surface area contributed by atoms with Crippen molar-refractivity contribution in [3.8, 4) is 0 Å². The molecule has 0 spiro atoms. The Balaban J connectivity index is 1.55. The summed E-state index contributed by atoms with van der Waals surface area (Å²) in [4.78, 5) is 14.6. The van der Waals surface area contributed by atoms with Crippen molar-refractivity contribution in [2.24, 2.45) is 5.92 Å². The van der Waals surface area contributed by atoms with Crippen molar-refractivity contribution in [1.29, 1.82) is 0 Å². The Hall–Kier alpha value is -0.870. The zero-order valence-corrected chi connectivity index (χ0v) is 14.2. The highest BCUT2D eigenvalue weighted by Gasteiger charge is 2.26. The number of nitrogens with zero attached hydrogens (tertiary/aromatic N) is 1. The highest BCUT2D eigenvalue weighted by molar-refractivity contribution is 9.10. The molecule has 1 N–H and O–H groups in total. The van der Waals surface area contributed by atoms with E-state index in [9.17, 15) is 4.79 Å². The van der Waals surface area contributed by atoms with Crippen molar-refractivity contribution >= 4 is 21.8 Å². The molecule has 0 aromatic heterocycles. The van der Waals surface area contributed by atoms with Crippen LogP contribution in [0.1, 0.15) is 41.6 Å². The van der Waals surface area contributed by atoms with Crippen LogP contribution in [0.15, 0.2) is 22.7 Å². The van der Waals surface area contributed by atoms with Crippen molar-refractivity contribution in [2.45, 2.75) is 38.6 Å². The van der Waals surface area contributed by atoms with Gasteiger partial charge >= 0.3 is 0 Å². The summed E-state index contributed by atoms with van der Waals surface area (Å²) >= 11 is 3.51. The van der Waals surface area contributed by atoms with Gasteiger partial charge in [-0.05, 0) is 62.8 Å². The van der Waals surface area contributed by atoms with Gasteiger partial charge in [-0.2, -0.15) is 0 Å². The van der Waals surface area contributed by atoms with E-state index in [1.807, 2.05) is 30.0 Å². The Morgan fingerprint density at radius 1 is 1.29 bits per heavy atom. The maximum absolute atomic E-state index is 12.6. The number of likely N-dealkylation sites (tertiary alicyclic amines) is 1. The number of hydrogen-bond donors (Lipinski definition) is 1. The molecule has 1 aromatic rings. The van der Waals surface area contributed by atoms with E-state index in [1.165, 1.54) is 19.4 Å². The van der Waals surface area contributed by atoms with Crippen molar-refractivity contribution < 1.29 is 4.79 Å². The van der Waals surface area contributed by atoms with Gasteiger partial charge in [0.15, 0.2) is 0 Å². The van der Waals surface area contributed by atoms with Crippen LogP contribution in [0.4, 0.5) is 0 Å². The van der Waals surface area contributed by atoms with Gasteiger partial charge in [0, 0.05) is 29.2 Å². The lowest BCUT2D eigenvalue weighted by Crippen LogP contribution is -2.45. The lowest BCUT2D eigenvalue weighted by atomic mass is 10.0. The fourth-order valence-electron chi connectivity index (χ4n) is 2.95. The van der Waals surface area contributed by atoms with Crippen molar-refractivity contribution in [3.63, 3.8) is 0 Å². The number of benzene rings is 1. The number of nitrogens with one attached hydrogen (secondary N) is 1. The number of piperidine rings is 1. The van der Waals surface area contributed by atoms with Gasteiger partial charge in [0.1, 0.15) is 0 Å². The summed E-state index contributed by atoms with van der Waals surface area (Å²) in [6.07, 6.45) is 4.94. The number of carbonyl (C=O) groups is 1. The molecule has 114 valence electrons. The summed E-state index contributed by atoms with van der Waals surface area (Å²) in [7, 11) is 0. The minimum absolute atomic E-state index is 0.175. The van der Waals surface area contributed by atoms with Crippen molar-refractivity contribution in [1.82, 2.24) is 10.2 Å². The molecule has 1 saturated heterocycles. The topological polar surface area (TPSA) is 32.3 Å². The zero-order valence-electron chi connectivity index (χ0n) is 12.6. The summed E-state index contributed by atoms with van der Waals surface area (Å²) in [6.45, 7) is 4.91. The van der Waals surface area contributed by atoms with Gasteiger partial charge in [-0.1, -0.05) is 22.0 Å². The summed E-state index contributed by atoms with van der Waals surface area (Å²) < 4.78 is 1.01. The van der Waals surface area contributed by atoms with Gasteiger partial charge in [0.2, 0.25) is 0 Å². The summed E-state index contributed by atoms with van der Waals surface area (Å²) in [5, 5.41) is 3.66. The Morgan fingerprint density at radius 2 is 2.00 bits per heavy atom. The second-order valence-electron chi connectivity index (χ2n) is 6.33. The van der Waals surface area contributed by atoms with Crippen LogP contribution < -0.4 is 5.32 Å². The first-order valence-electron chi connectivity index (χ1n) is 7.93. The van der Waals surface area contributed by atoms with Gasteiger partial charge in [0.25, 0.3) is 5.91 Å². The van der Waals surface area contributed by atoms with Crippen LogP contribution in [-0.4, -0.2) is 36.5 Å². The molecule has 1 heterocycles. The van der Waals surface area contributed by atoms with Crippen LogP contribution in [0.5, 0.6) is 0 Å². The van der Waals surface area contributed by atoms with Gasteiger partial charge in [-0.15, -0.1) is 0 Å². The maximum Gasteiger partial charge on any atom is 0.254 e. The predicted molar refractivity (Wildman–Crippen MR) is 88.5 cm³/mol. The summed E-state index contributed by atoms with van der Waals surface area (Å²) in [5.74, 6) is 1.10. The number of carbonyl (C=O) groups excluding carboxylic acids is 1. The third-order valence-electron chi connectivity index (χ3n) is 4.67. The molecule has 2 fully saturated rings. The van der Waals surface area contributed by atoms with Crippen LogP contribution in [0, 0.1) is 12.8 Å². The van der Waals surface area contributed by atoms with Gasteiger partial charge in [0.05, 0.1) is 0 Å². The van der Waals surface area contributed by atoms with E-state index < -0.39 is 0 Å². The van der Waals surface area contributed by atoms with E-state index in [0.717, 1.165) is 47.4 Å². The second-order valence-corrected chi connectivity index (χ2v) is 7.18. The van der Waals surface area contributed by atoms with Gasteiger partial charge in [-0.25, -0.2) is 0 Å². The molecule has 0 bridgehead atoms. The first kappa shape index (κ1) is 15.0. The Morgan fingerprint density at radius 3 is 2.67 bits per heavy atom. The highest BCUT2D eigenvalue weighted by atomic mass is 79.9. The summed E-state index contributed by atoms with van der Waals surface area (Å²) in [5.41, 5.74) is 1.87. The second kappa shape index (κ2) is 6.49. The van der Waals surface area contributed by atoms with E-state index >= 15 is 0 Å². The molecule has 2 aliphatic rings. The van der Waals surface area contributed by atoms with Gasteiger partial charge in [-0.3, -0.25) is 4.79 Å². The van der Waals surface area contributed by atoms with Crippen LogP contribution in [0.2, 0.25) is 0 Å². The SMILES string of the molecule is Cc1c(Br)cccc1C(=O)N1CCC(NCC2CC2)CC1. The molecule has 0 unspecified atom stereocenters. The number of amides is 1. The van der Waals surface area contributed by atoms with Crippen molar-refractivity contribution in [2.75, 3.05) is 19.6 Å². The highest BCUT2D eigenvalue weighted by Crippen LogP contribution is 2.28. The Labute approximate surface area is 135 Å². The molecule has 0 atom stereocenters. The number of hydrogen-bond acceptors (Lipinski definition) is 2. The maximum atomic E-state index is 12.6. The lowest BCUT2D eigenvalue weighted by Gasteiger charge is -2.33. The average molecular weight is 351 g/mol. The fourth-order valence-corrected chi connectivity index (χ4v) is 3.32. The monoisotopic (exact) mass is 350 g/mol. The molecular weight excluding hydrogens is 328 g/mol. The van der Waals surface area contributed by atoms with E-state index in [2.05, 4.69) is 21.2 Å². The Kier molecular flexibility index (Phi) is 4.65. The van der Waals surface area contributed by atoms with Crippen LogP contribution in [-0.2, 0) is 0 Å². The largest absolute Gasteiger partial charge is 0.339 e. The molecule has 0 radical (unpaired) electrons. The molecule has 3 rings (SSSR count). The molecule has 1 aromatic carbocycles. The molecule has 3 nitrogen and oxygen atoms in total. The quantitative estimate of drug-likeness (QED) is 0.902. The number of halogens is 1. The van der Waals surface area contributed by atoms with E-state index in [0.29, 0.717) is 6.04 Å². The lowest BCUT2D eigenvalue weighted by molar-refractivity contribution is 0.0704. The first-order chi connectivity index (χ1) is 10.1. The first-order valence-corrected chi connectivity index (χ1v) is 8.72. The third kappa shape index (κ3) is 3.67. The molecule has 1 aliphatic carbocycles. The molecule has 1 aliphatic heterocycles. The molecular formula is C17H23BrN2O. The predicted octanol–water partition coefficient (Wildman–Crippen LogP) is 3.36. The molecule has 1 amide bonds. The minimum Gasteiger partial charge on any atom is -0.339 e. The standard InChI is InChI=1S/C17H23BrN2O/c1-12-15(3-2-4-16(12)18)17(21)20-9-7-14(8-10-20)19-11-13-5-6-13/h2-4,13-14,19H,5-11H2,1H3. The summed E-state index contributed by atoms with van der Waals surface area (Å²) in [6, 6.07) is 6.45. The van der Waals surface area contributed by atoms with Crippen LogP contribution in [0.25, 0.3) is 0 Å².